The second-order valence-electron chi connectivity index (χ2n) is 7.69. The predicted octanol–water partition coefficient (Wildman–Crippen LogP) is 1.92. The van der Waals surface area contributed by atoms with Gasteiger partial charge in [0.25, 0.3) is 5.91 Å². The molecule has 154 valence electrons. The molecular formula is C22H23BrN5O2+. The molecular weight excluding hydrogens is 446 g/mol. The summed E-state index contributed by atoms with van der Waals surface area (Å²) in [6.45, 7) is 3.50. The Bertz CT molecular complexity index is 1060. The van der Waals surface area contributed by atoms with E-state index in [0.29, 0.717) is 26.2 Å². The van der Waals surface area contributed by atoms with E-state index in [2.05, 4.69) is 20.9 Å². The second kappa shape index (κ2) is 8.29. The summed E-state index contributed by atoms with van der Waals surface area (Å²) in [4.78, 5) is 22.6. The van der Waals surface area contributed by atoms with Crippen LogP contribution in [0.5, 0.6) is 0 Å². The number of rotatable bonds is 4. The maximum atomic E-state index is 13.3. The van der Waals surface area contributed by atoms with E-state index >= 15 is 0 Å². The number of ether oxygens (including phenoxy) is 1. The molecule has 3 aromatic rings. The normalized spacial score (nSPS) is 20.0. The molecule has 0 aliphatic carbocycles. The van der Waals surface area contributed by atoms with Gasteiger partial charge in [-0.3, -0.25) is 4.79 Å². The molecule has 30 heavy (non-hydrogen) atoms. The van der Waals surface area contributed by atoms with Crippen LogP contribution >= 0.6 is 15.9 Å². The molecule has 0 radical (unpaired) electrons. The number of nitrogens with zero attached hydrogens (tertiary/aromatic N) is 3. The van der Waals surface area contributed by atoms with Crippen molar-refractivity contribution in [2.24, 2.45) is 5.10 Å². The Balaban J connectivity index is 1.45. The Morgan fingerprint density at radius 2 is 1.93 bits per heavy atom. The van der Waals surface area contributed by atoms with Gasteiger partial charge in [0, 0.05) is 10.9 Å². The number of hydrazone groups is 1. The molecule has 0 unspecified atom stereocenters. The summed E-state index contributed by atoms with van der Waals surface area (Å²) in [5.74, 6) is 0.793. The molecule has 0 bridgehead atoms. The first-order valence-corrected chi connectivity index (χ1v) is 11.0. The van der Waals surface area contributed by atoms with Crippen molar-refractivity contribution in [3.8, 4) is 0 Å². The van der Waals surface area contributed by atoms with Crippen LogP contribution in [0, 0.1) is 0 Å². The van der Waals surface area contributed by atoms with Gasteiger partial charge in [-0.25, -0.2) is 9.99 Å². The number of imidazole rings is 1. The molecule has 1 fully saturated rings. The monoisotopic (exact) mass is 468 g/mol. The average molecular weight is 469 g/mol. The summed E-state index contributed by atoms with van der Waals surface area (Å²) in [6.07, 6.45) is 0.631. The van der Waals surface area contributed by atoms with Crippen LogP contribution in [0.4, 0.5) is 0 Å². The van der Waals surface area contributed by atoms with Crippen molar-refractivity contribution in [2.75, 3.05) is 32.8 Å². The largest absolute Gasteiger partial charge is 0.370 e. The van der Waals surface area contributed by atoms with Gasteiger partial charge in [0.1, 0.15) is 25.0 Å². The number of hydrogen-bond donors (Lipinski definition) is 2. The average Bonchev–Trinajstić information content (AvgIpc) is 3.39. The molecule has 0 spiro atoms. The highest BCUT2D eigenvalue weighted by Crippen LogP contribution is 2.32. The smallest absolute Gasteiger partial charge is 0.298 e. The minimum atomic E-state index is -0.232. The van der Waals surface area contributed by atoms with E-state index in [9.17, 15) is 4.79 Å². The first-order chi connectivity index (χ1) is 14.7. The molecule has 1 amide bonds. The first-order valence-electron chi connectivity index (χ1n) is 10.2. The van der Waals surface area contributed by atoms with Crippen LogP contribution in [0.25, 0.3) is 11.0 Å². The predicted molar refractivity (Wildman–Crippen MR) is 117 cm³/mol. The number of benzene rings is 2. The number of fused-ring (bicyclic) bond motifs is 1. The van der Waals surface area contributed by atoms with E-state index in [-0.39, 0.29) is 11.9 Å². The number of para-hydroxylation sites is 2. The minimum absolute atomic E-state index is 0.0180. The van der Waals surface area contributed by atoms with Crippen molar-refractivity contribution in [2.45, 2.75) is 12.5 Å². The summed E-state index contributed by atoms with van der Waals surface area (Å²) in [5, 5.41) is 6.40. The third-order valence-electron chi connectivity index (χ3n) is 5.67. The second-order valence-corrected chi connectivity index (χ2v) is 8.61. The number of halogens is 1. The number of morpholine rings is 1. The van der Waals surface area contributed by atoms with Crippen molar-refractivity contribution < 1.29 is 14.4 Å². The van der Waals surface area contributed by atoms with Gasteiger partial charge >= 0.3 is 0 Å². The summed E-state index contributed by atoms with van der Waals surface area (Å²) < 4.78 is 6.44. The SMILES string of the molecule is O=C(C[NH+]1CCOCC1)N1N=C(c2ccc(Br)cc2)C[C@@H]1c1nc2ccccc2[nH]1. The van der Waals surface area contributed by atoms with Gasteiger partial charge in [0.15, 0.2) is 6.54 Å². The number of aromatic amines is 1. The topological polar surface area (TPSA) is 75.0 Å². The number of nitrogens with one attached hydrogen (secondary N) is 2. The highest BCUT2D eigenvalue weighted by molar-refractivity contribution is 9.10. The number of amides is 1. The summed E-state index contributed by atoms with van der Waals surface area (Å²) >= 11 is 3.48. The summed E-state index contributed by atoms with van der Waals surface area (Å²) in [6, 6.07) is 15.7. The lowest BCUT2D eigenvalue weighted by Gasteiger charge is -2.26. The Labute approximate surface area is 182 Å². The Morgan fingerprint density at radius 1 is 1.17 bits per heavy atom. The van der Waals surface area contributed by atoms with Gasteiger partial charge in [-0.2, -0.15) is 5.10 Å². The van der Waals surface area contributed by atoms with Crippen molar-refractivity contribution in [3.05, 3.63) is 64.4 Å². The fraction of sp³-hybridized carbons (Fsp3) is 0.318. The zero-order valence-electron chi connectivity index (χ0n) is 16.5. The van der Waals surface area contributed by atoms with Gasteiger partial charge in [-0.05, 0) is 29.8 Å². The van der Waals surface area contributed by atoms with E-state index in [1.54, 1.807) is 5.01 Å². The molecule has 5 rings (SSSR count). The third-order valence-corrected chi connectivity index (χ3v) is 6.20. The fourth-order valence-corrected chi connectivity index (χ4v) is 4.30. The van der Waals surface area contributed by atoms with Gasteiger partial charge < -0.3 is 14.6 Å². The zero-order chi connectivity index (χ0) is 20.5. The van der Waals surface area contributed by atoms with Crippen molar-refractivity contribution in [1.82, 2.24) is 15.0 Å². The Hall–Kier alpha value is -2.55. The van der Waals surface area contributed by atoms with Crippen molar-refractivity contribution in [1.29, 1.82) is 0 Å². The first kappa shape index (κ1) is 19.4. The van der Waals surface area contributed by atoms with Crippen LogP contribution in [0.15, 0.2) is 58.1 Å². The van der Waals surface area contributed by atoms with Crippen LogP contribution in [-0.4, -0.2) is 59.4 Å². The molecule has 8 heteroatoms. The van der Waals surface area contributed by atoms with E-state index in [0.717, 1.165) is 45.7 Å². The summed E-state index contributed by atoms with van der Waals surface area (Å²) in [5.41, 5.74) is 3.79. The molecule has 2 aromatic carbocycles. The van der Waals surface area contributed by atoms with Gasteiger partial charge in [-0.1, -0.05) is 40.2 Å². The number of carbonyl (C=O) groups is 1. The Morgan fingerprint density at radius 3 is 2.70 bits per heavy atom. The maximum absolute atomic E-state index is 13.3. The lowest BCUT2D eigenvalue weighted by Crippen LogP contribution is -3.15. The van der Waals surface area contributed by atoms with Crippen LogP contribution < -0.4 is 4.90 Å². The van der Waals surface area contributed by atoms with Crippen LogP contribution in [0.2, 0.25) is 0 Å². The highest BCUT2D eigenvalue weighted by atomic mass is 79.9. The number of H-pyrrole nitrogens is 1. The standard InChI is InChI=1S/C22H22BrN5O2/c23-16-7-5-15(6-8-16)19-13-20(22-24-17-3-1-2-4-18(17)25-22)28(26-19)21(29)14-27-9-11-30-12-10-27/h1-8,20H,9-14H2,(H,24,25)/p+1/t20-/m1/s1. The third kappa shape index (κ3) is 3.90. The van der Waals surface area contributed by atoms with Crippen LogP contribution in [-0.2, 0) is 9.53 Å². The fourth-order valence-electron chi connectivity index (χ4n) is 4.03. The lowest BCUT2D eigenvalue weighted by atomic mass is 10.0. The molecule has 2 aliphatic heterocycles. The molecule has 1 aromatic heterocycles. The summed E-state index contributed by atoms with van der Waals surface area (Å²) in [7, 11) is 0. The maximum Gasteiger partial charge on any atom is 0.298 e. The molecule has 1 saturated heterocycles. The van der Waals surface area contributed by atoms with Crippen LogP contribution in [0.1, 0.15) is 23.9 Å². The van der Waals surface area contributed by atoms with E-state index in [4.69, 9.17) is 14.8 Å². The van der Waals surface area contributed by atoms with Gasteiger partial charge in [0.05, 0.1) is 30.0 Å². The quantitative estimate of drug-likeness (QED) is 0.614. The molecule has 1 atom stereocenters. The van der Waals surface area contributed by atoms with E-state index in [1.165, 1.54) is 4.90 Å². The number of hydrogen-bond acceptors (Lipinski definition) is 4. The number of quaternary nitrogens is 1. The van der Waals surface area contributed by atoms with Gasteiger partial charge in [-0.15, -0.1) is 0 Å². The Kier molecular flexibility index (Phi) is 5.37. The highest BCUT2D eigenvalue weighted by Gasteiger charge is 2.36. The lowest BCUT2D eigenvalue weighted by molar-refractivity contribution is -0.900. The zero-order valence-corrected chi connectivity index (χ0v) is 18.1. The molecule has 0 saturated carbocycles. The van der Waals surface area contributed by atoms with Gasteiger partial charge in [0.2, 0.25) is 0 Å². The number of aromatic nitrogens is 2. The molecule has 3 heterocycles. The minimum Gasteiger partial charge on any atom is -0.370 e. The van der Waals surface area contributed by atoms with Crippen molar-refractivity contribution in [3.63, 3.8) is 0 Å². The molecule has 7 nitrogen and oxygen atoms in total. The molecule has 2 N–H and O–H groups in total. The van der Waals surface area contributed by atoms with E-state index in [1.807, 2.05) is 48.5 Å². The van der Waals surface area contributed by atoms with Crippen LogP contribution in [0.3, 0.4) is 0 Å². The van der Waals surface area contributed by atoms with E-state index < -0.39 is 0 Å². The number of carbonyl (C=O) groups excluding carboxylic acids is 1. The van der Waals surface area contributed by atoms with Crippen molar-refractivity contribution >= 4 is 38.6 Å². The molecule has 2 aliphatic rings.